The quantitative estimate of drug-likeness (QED) is 0.747. The highest BCUT2D eigenvalue weighted by atomic mass is 32.1. The number of nitrogens with zero attached hydrogens (tertiary/aromatic N) is 4. The summed E-state index contributed by atoms with van der Waals surface area (Å²) in [5.41, 5.74) is 1.28. The number of thiazole rings is 1. The standard InChI is InChI=1S/C16H18FN5O2S/c1-9-5-10(24-15-13-11(3-4-23-13)19-8-20-15)6-22(9)7-12-14(17)21-16(18-2)25-12/h3-4,8-10H,5-7H2,1-2H3,(H,18,21). The lowest BCUT2D eigenvalue weighted by atomic mass is 10.2. The van der Waals surface area contributed by atoms with Crippen molar-refractivity contribution in [3.05, 3.63) is 29.5 Å². The number of hydrogen-bond acceptors (Lipinski definition) is 8. The van der Waals surface area contributed by atoms with E-state index in [1.807, 2.05) is 0 Å². The molecule has 3 aromatic rings. The first-order chi connectivity index (χ1) is 12.1. The van der Waals surface area contributed by atoms with Crippen LogP contribution in [0.1, 0.15) is 18.2 Å². The van der Waals surface area contributed by atoms with Crippen LogP contribution < -0.4 is 10.1 Å². The number of rotatable bonds is 5. The Morgan fingerprint density at radius 3 is 3.16 bits per heavy atom. The zero-order chi connectivity index (χ0) is 17.4. The minimum Gasteiger partial charge on any atom is -0.470 e. The van der Waals surface area contributed by atoms with E-state index in [0.29, 0.717) is 34.6 Å². The first-order valence-electron chi connectivity index (χ1n) is 8.06. The molecule has 132 valence electrons. The van der Waals surface area contributed by atoms with Gasteiger partial charge in [-0.25, -0.2) is 4.98 Å². The van der Waals surface area contributed by atoms with Crippen molar-refractivity contribution in [2.45, 2.75) is 32.0 Å². The van der Waals surface area contributed by atoms with Gasteiger partial charge < -0.3 is 14.5 Å². The SMILES string of the molecule is CNc1nc(F)c(CN2CC(Oc3ncnc4ccoc34)CC2C)s1. The molecule has 1 aliphatic heterocycles. The molecule has 0 amide bonds. The zero-order valence-corrected chi connectivity index (χ0v) is 14.7. The van der Waals surface area contributed by atoms with Gasteiger partial charge in [0.25, 0.3) is 5.88 Å². The maximum Gasteiger partial charge on any atom is 0.261 e. The third-order valence-corrected chi connectivity index (χ3v) is 5.40. The smallest absolute Gasteiger partial charge is 0.261 e. The first kappa shape index (κ1) is 16.2. The van der Waals surface area contributed by atoms with Crippen LogP contribution in [-0.2, 0) is 6.54 Å². The molecule has 1 fully saturated rings. The van der Waals surface area contributed by atoms with Gasteiger partial charge in [0.2, 0.25) is 11.5 Å². The fourth-order valence-electron chi connectivity index (χ4n) is 3.08. The molecule has 0 aliphatic carbocycles. The number of ether oxygens (including phenoxy) is 1. The molecule has 0 bridgehead atoms. The van der Waals surface area contributed by atoms with E-state index < -0.39 is 5.95 Å². The lowest BCUT2D eigenvalue weighted by molar-refractivity contribution is 0.188. The number of aromatic nitrogens is 3. The van der Waals surface area contributed by atoms with Crippen LogP contribution in [0.15, 0.2) is 23.1 Å². The van der Waals surface area contributed by atoms with Crippen LogP contribution >= 0.6 is 11.3 Å². The highest BCUT2D eigenvalue weighted by Gasteiger charge is 2.32. The van der Waals surface area contributed by atoms with E-state index >= 15 is 0 Å². The number of halogens is 1. The maximum absolute atomic E-state index is 13.9. The van der Waals surface area contributed by atoms with Gasteiger partial charge in [-0.15, -0.1) is 0 Å². The number of likely N-dealkylation sites (tertiary alicyclic amines) is 1. The summed E-state index contributed by atoms with van der Waals surface area (Å²) in [6.45, 7) is 3.33. The van der Waals surface area contributed by atoms with Crippen molar-refractivity contribution in [1.82, 2.24) is 19.9 Å². The van der Waals surface area contributed by atoms with Crippen LogP contribution in [-0.4, -0.2) is 45.6 Å². The van der Waals surface area contributed by atoms with Crippen molar-refractivity contribution in [3.63, 3.8) is 0 Å². The molecular formula is C16H18FN5O2S. The van der Waals surface area contributed by atoms with Gasteiger partial charge in [0.1, 0.15) is 17.9 Å². The number of furan rings is 1. The highest BCUT2D eigenvalue weighted by molar-refractivity contribution is 7.15. The molecule has 0 radical (unpaired) electrons. The molecule has 2 unspecified atom stereocenters. The van der Waals surface area contributed by atoms with E-state index in [-0.39, 0.29) is 12.1 Å². The summed E-state index contributed by atoms with van der Waals surface area (Å²) in [6.07, 6.45) is 3.85. The van der Waals surface area contributed by atoms with Crippen LogP contribution in [0.3, 0.4) is 0 Å². The van der Waals surface area contributed by atoms with Gasteiger partial charge >= 0.3 is 0 Å². The van der Waals surface area contributed by atoms with Crippen LogP contribution in [0.25, 0.3) is 11.1 Å². The van der Waals surface area contributed by atoms with Crippen molar-refractivity contribution in [1.29, 1.82) is 0 Å². The van der Waals surface area contributed by atoms with E-state index in [2.05, 4.69) is 32.1 Å². The Hall–Kier alpha value is -2.26. The van der Waals surface area contributed by atoms with Gasteiger partial charge in [0.15, 0.2) is 5.13 Å². The van der Waals surface area contributed by atoms with Crippen LogP contribution in [0.5, 0.6) is 5.88 Å². The average molecular weight is 363 g/mol. The maximum atomic E-state index is 13.9. The molecule has 4 rings (SSSR count). The first-order valence-corrected chi connectivity index (χ1v) is 8.87. The zero-order valence-electron chi connectivity index (χ0n) is 13.9. The Bertz CT molecular complexity index is 882. The van der Waals surface area contributed by atoms with Crippen molar-refractivity contribution >= 4 is 27.6 Å². The Morgan fingerprint density at radius 1 is 1.48 bits per heavy atom. The fourth-order valence-corrected chi connectivity index (χ4v) is 3.90. The molecule has 25 heavy (non-hydrogen) atoms. The lowest BCUT2D eigenvalue weighted by Gasteiger charge is -2.19. The molecule has 2 atom stereocenters. The van der Waals surface area contributed by atoms with Gasteiger partial charge in [-0.05, 0) is 6.92 Å². The number of hydrogen-bond donors (Lipinski definition) is 1. The minimum absolute atomic E-state index is 0.0297. The van der Waals surface area contributed by atoms with Crippen molar-refractivity contribution in [2.24, 2.45) is 0 Å². The topological polar surface area (TPSA) is 76.3 Å². The van der Waals surface area contributed by atoms with E-state index in [1.54, 1.807) is 19.4 Å². The molecule has 0 saturated carbocycles. The van der Waals surface area contributed by atoms with Gasteiger partial charge in [0, 0.05) is 38.7 Å². The van der Waals surface area contributed by atoms with E-state index in [4.69, 9.17) is 9.15 Å². The summed E-state index contributed by atoms with van der Waals surface area (Å²) in [4.78, 5) is 15.0. The lowest BCUT2D eigenvalue weighted by Crippen LogP contribution is -2.28. The predicted molar refractivity (Wildman–Crippen MR) is 92.3 cm³/mol. The fraction of sp³-hybridized carbons (Fsp3) is 0.438. The third-order valence-electron chi connectivity index (χ3n) is 4.36. The Morgan fingerprint density at radius 2 is 2.36 bits per heavy atom. The second kappa shape index (κ2) is 6.57. The van der Waals surface area contributed by atoms with Crippen LogP contribution in [0.2, 0.25) is 0 Å². The molecule has 9 heteroatoms. The summed E-state index contributed by atoms with van der Waals surface area (Å²) >= 11 is 1.34. The van der Waals surface area contributed by atoms with Crippen molar-refractivity contribution in [3.8, 4) is 5.88 Å². The molecule has 4 heterocycles. The molecule has 1 saturated heterocycles. The average Bonchev–Trinajstić information content (AvgIpc) is 3.29. The van der Waals surface area contributed by atoms with Gasteiger partial charge in [-0.1, -0.05) is 11.3 Å². The summed E-state index contributed by atoms with van der Waals surface area (Å²) in [5.74, 6) is 0.0505. The van der Waals surface area contributed by atoms with Gasteiger partial charge in [0.05, 0.1) is 11.1 Å². The largest absolute Gasteiger partial charge is 0.470 e. The second-order valence-electron chi connectivity index (χ2n) is 6.05. The minimum atomic E-state index is -0.404. The summed E-state index contributed by atoms with van der Waals surface area (Å²) in [7, 11) is 1.74. The normalized spacial score (nSPS) is 21.1. The Kier molecular flexibility index (Phi) is 4.26. The Labute approximate surface area is 147 Å². The van der Waals surface area contributed by atoms with Crippen molar-refractivity contribution in [2.75, 3.05) is 18.9 Å². The number of anilines is 1. The molecule has 3 aromatic heterocycles. The van der Waals surface area contributed by atoms with E-state index in [9.17, 15) is 4.39 Å². The van der Waals surface area contributed by atoms with E-state index in [1.165, 1.54) is 17.7 Å². The molecule has 0 aromatic carbocycles. The van der Waals surface area contributed by atoms with E-state index in [0.717, 1.165) is 11.9 Å². The van der Waals surface area contributed by atoms with Gasteiger partial charge in [-0.2, -0.15) is 14.4 Å². The predicted octanol–water partition coefficient (Wildman–Crippen LogP) is 2.90. The molecule has 1 aliphatic rings. The van der Waals surface area contributed by atoms with Crippen LogP contribution in [0.4, 0.5) is 9.52 Å². The number of nitrogens with one attached hydrogen (secondary N) is 1. The number of fused-ring (bicyclic) bond motifs is 1. The summed E-state index contributed by atoms with van der Waals surface area (Å²) in [5, 5.41) is 3.47. The summed E-state index contributed by atoms with van der Waals surface area (Å²) < 4.78 is 25.4. The Balaban J connectivity index is 1.46. The molecule has 1 N–H and O–H groups in total. The summed E-state index contributed by atoms with van der Waals surface area (Å²) in [6, 6.07) is 2.05. The second-order valence-corrected chi connectivity index (χ2v) is 7.13. The highest BCUT2D eigenvalue weighted by Crippen LogP contribution is 2.30. The molecule has 7 nitrogen and oxygen atoms in total. The van der Waals surface area contributed by atoms with Crippen molar-refractivity contribution < 1.29 is 13.5 Å². The van der Waals surface area contributed by atoms with Gasteiger partial charge in [-0.3, -0.25) is 4.90 Å². The van der Waals surface area contributed by atoms with Crippen LogP contribution in [0, 0.1) is 5.95 Å². The molecular weight excluding hydrogens is 345 g/mol. The third kappa shape index (κ3) is 3.16. The molecule has 0 spiro atoms. The monoisotopic (exact) mass is 363 g/mol.